The molecule has 0 aliphatic heterocycles. The van der Waals surface area contributed by atoms with Crippen LogP contribution in [0.2, 0.25) is 5.02 Å². The number of Topliss-reactive ketones (excluding diaryl/α,β-unsaturated/α-hetero) is 1. The standard InChI is InChI=1S/C18H15ClN2O4S/c1-24-17(23)9-25-13-5-2-11(3-6-13)16(22)10-26-18-20-14-7-4-12(19)8-15(14)21-18/h2-8H,9-10H2,1H3,(H,20,21). The van der Waals surface area contributed by atoms with E-state index in [1.54, 1.807) is 36.4 Å². The van der Waals surface area contributed by atoms with Crippen LogP contribution in [0, 0.1) is 0 Å². The Balaban J connectivity index is 1.57. The molecular weight excluding hydrogens is 376 g/mol. The van der Waals surface area contributed by atoms with Gasteiger partial charge in [0.2, 0.25) is 0 Å². The van der Waals surface area contributed by atoms with E-state index in [-0.39, 0.29) is 18.1 Å². The number of carbonyl (C=O) groups is 2. The van der Waals surface area contributed by atoms with E-state index >= 15 is 0 Å². The zero-order valence-electron chi connectivity index (χ0n) is 13.8. The van der Waals surface area contributed by atoms with Crippen molar-refractivity contribution in [1.82, 2.24) is 9.97 Å². The van der Waals surface area contributed by atoms with Crippen LogP contribution in [0.25, 0.3) is 11.0 Å². The molecule has 0 unspecified atom stereocenters. The first-order chi connectivity index (χ1) is 12.5. The number of carbonyl (C=O) groups excluding carboxylic acids is 2. The molecule has 6 nitrogen and oxygen atoms in total. The predicted octanol–water partition coefficient (Wildman–Crippen LogP) is 3.74. The molecule has 0 radical (unpaired) electrons. The molecule has 1 N–H and O–H groups in total. The summed E-state index contributed by atoms with van der Waals surface area (Å²) >= 11 is 7.28. The minimum atomic E-state index is -0.464. The van der Waals surface area contributed by atoms with Gasteiger partial charge in [0.05, 0.1) is 23.9 Å². The second kappa shape index (κ2) is 8.25. The first-order valence-electron chi connectivity index (χ1n) is 7.66. The fourth-order valence-corrected chi connectivity index (χ4v) is 3.13. The van der Waals surface area contributed by atoms with Gasteiger partial charge in [-0.1, -0.05) is 23.4 Å². The number of halogens is 1. The number of H-pyrrole nitrogens is 1. The van der Waals surface area contributed by atoms with Gasteiger partial charge in [0.15, 0.2) is 17.5 Å². The number of benzene rings is 2. The van der Waals surface area contributed by atoms with Crippen LogP contribution in [0.1, 0.15) is 10.4 Å². The van der Waals surface area contributed by atoms with Crippen molar-refractivity contribution >= 4 is 46.1 Å². The Morgan fingerprint density at radius 3 is 2.69 bits per heavy atom. The molecule has 0 atom stereocenters. The first kappa shape index (κ1) is 18.3. The molecule has 0 aliphatic carbocycles. The summed E-state index contributed by atoms with van der Waals surface area (Å²) in [6, 6.07) is 12.0. The molecule has 0 saturated heterocycles. The molecule has 3 rings (SSSR count). The summed E-state index contributed by atoms with van der Waals surface area (Å²) in [5.74, 6) is 0.242. The van der Waals surface area contributed by atoms with Crippen LogP contribution in [-0.4, -0.2) is 41.2 Å². The summed E-state index contributed by atoms with van der Waals surface area (Å²) in [5, 5.41) is 1.29. The van der Waals surface area contributed by atoms with E-state index in [2.05, 4.69) is 14.7 Å². The lowest BCUT2D eigenvalue weighted by atomic mass is 10.1. The molecule has 0 saturated carbocycles. The number of esters is 1. The van der Waals surface area contributed by atoms with Gasteiger partial charge in [-0.05, 0) is 42.5 Å². The van der Waals surface area contributed by atoms with E-state index < -0.39 is 5.97 Å². The van der Waals surface area contributed by atoms with Crippen molar-refractivity contribution in [3.63, 3.8) is 0 Å². The molecular formula is C18H15ClN2O4S. The van der Waals surface area contributed by atoms with Crippen LogP contribution in [0.3, 0.4) is 0 Å². The zero-order valence-corrected chi connectivity index (χ0v) is 15.4. The first-order valence-corrected chi connectivity index (χ1v) is 9.02. The van der Waals surface area contributed by atoms with Crippen molar-refractivity contribution < 1.29 is 19.1 Å². The highest BCUT2D eigenvalue weighted by atomic mass is 35.5. The maximum atomic E-state index is 12.3. The van der Waals surface area contributed by atoms with Gasteiger partial charge in [-0.2, -0.15) is 0 Å². The molecule has 0 aliphatic rings. The molecule has 1 heterocycles. The van der Waals surface area contributed by atoms with Crippen LogP contribution < -0.4 is 4.74 Å². The van der Waals surface area contributed by atoms with Crippen molar-refractivity contribution in [2.45, 2.75) is 5.16 Å². The minimum Gasteiger partial charge on any atom is -0.482 e. The molecule has 0 bridgehead atoms. The Morgan fingerprint density at radius 2 is 1.96 bits per heavy atom. The zero-order chi connectivity index (χ0) is 18.5. The lowest BCUT2D eigenvalue weighted by molar-refractivity contribution is -0.142. The second-order valence-corrected chi connectivity index (χ2v) is 6.70. The molecule has 26 heavy (non-hydrogen) atoms. The van der Waals surface area contributed by atoms with E-state index in [1.165, 1.54) is 18.9 Å². The number of hydrogen-bond donors (Lipinski definition) is 1. The van der Waals surface area contributed by atoms with Gasteiger partial charge in [0.25, 0.3) is 0 Å². The monoisotopic (exact) mass is 390 g/mol. The molecule has 3 aromatic rings. The number of hydrogen-bond acceptors (Lipinski definition) is 6. The van der Waals surface area contributed by atoms with Crippen molar-refractivity contribution in [2.24, 2.45) is 0 Å². The Hall–Kier alpha value is -2.51. The Labute approximate surface area is 158 Å². The maximum Gasteiger partial charge on any atom is 0.343 e. The van der Waals surface area contributed by atoms with Crippen LogP contribution in [0.5, 0.6) is 5.75 Å². The molecule has 134 valence electrons. The van der Waals surface area contributed by atoms with Gasteiger partial charge in [-0.3, -0.25) is 4.79 Å². The number of nitrogens with zero attached hydrogens (tertiary/aromatic N) is 1. The number of thioether (sulfide) groups is 1. The SMILES string of the molecule is COC(=O)COc1ccc(C(=O)CSc2nc3ccc(Cl)cc3[nH]2)cc1. The highest BCUT2D eigenvalue weighted by molar-refractivity contribution is 7.99. The number of aromatic nitrogens is 2. The second-order valence-electron chi connectivity index (χ2n) is 5.30. The van der Waals surface area contributed by atoms with E-state index in [0.717, 1.165) is 11.0 Å². The van der Waals surface area contributed by atoms with Gasteiger partial charge in [-0.15, -0.1) is 0 Å². The lowest BCUT2D eigenvalue weighted by Crippen LogP contribution is -2.12. The van der Waals surface area contributed by atoms with Crippen molar-refractivity contribution in [2.75, 3.05) is 19.5 Å². The van der Waals surface area contributed by atoms with E-state index in [4.69, 9.17) is 16.3 Å². The number of imidazole rings is 1. The number of rotatable bonds is 7. The van der Waals surface area contributed by atoms with Crippen LogP contribution in [0.15, 0.2) is 47.6 Å². The number of ether oxygens (including phenoxy) is 2. The van der Waals surface area contributed by atoms with E-state index in [9.17, 15) is 9.59 Å². The van der Waals surface area contributed by atoms with E-state index in [1.807, 2.05) is 6.07 Å². The van der Waals surface area contributed by atoms with Gasteiger partial charge in [-0.25, -0.2) is 9.78 Å². The van der Waals surface area contributed by atoms with E-state index in [0.29, 0.717) is 21.5 Å². The fraction of sp³-hybridized carbons (Fsp3) is 0.167. The van der Waals surface area contributed by atoms with Crippen molar-refractivity contribution in [1.29, 1.82) is 0 Å². The number of methoxy groups -OCH3 is 1. The third-order valence-electron chi connectivity index (χ3n) is 3.52. The summed E-state index contributed by atoms with van der Waals surface area (Å²) in [5.41, 5.74) is 2.19. The number of ketones is 1. The summed E-state index contributed by atoms with van der Waals surface area (Å²) in [7, 11) is 1.29. The number of nitrogens with one attached hydrogen (secondary N) is 1. The van der Waals surface area contributed by atoms with Crippen LogP contribution in [0.4, 0.5) is 0 Å². The normalized spacial score (nSPS) is 10.7. The molecule has 0 spiro atoms. The van der Waals surface area contributed by atoms with Gasteiger partial charge in [0.1, 0.15) is 5.75 Å². The predicted molar refractivity (Wildman–Crippen MR) is 100 cm³/mol. The maximum absolute atomic E-state index is 12.3. The Morgan fingerprint density at radius 1 is 1.19 bits per heavy atom. The Bertz CT molecular complexity index is 940. The average molecular weight is 391 g/mol. The Kier molecular flexibility index (Phi) is 5.80. The highest BCUT2D eigenvalue weighted by Crippen LogP contribution is 2.23. The summed E-state index contributed by atoms with van der Waals surface area (Å²) in [6.07, 6.45) is 0. The average Bonchev–Trinajstić information content (AvgIpc) is 3.06. The smallest absolute Gasteiger partial charge is 0.343 e. The van der Waals surface area contributed by atoms with Crippen molar-refractivity contribution in [3.05, 3.63) is 53.1 Å². The quantitative estimate of drug-likeness (QED) is 0.376. The lowest BCUT2D eigenvalue weighted by Gasteiger charge is -2.05. The molecule has 0 fully saturated rings. The summed E-state index contributed by atoms with van der Waals surface area (Å²) in [4.78, 5) is 30.9. The summed E-state index contributed by atoms with van der Waals surface area (Å²) < 4.78 is 9.75. The van der Waals surface area contributed by atoms with Gasteiger partial charge in [0, 0.05) is 10.6 Å². The molecule has 8 heteroatoms. The van der Waals surface area contributed by atoms with Crippen molar-refractivity contribution in [3.8, 4) is 5.75 Å². The molecule has 1 aromatic heterocycles. The number of fused-ring (bicyclic) bond motifs is 1. The third kappa shape index (κ3) is 4.56. The number of aromatic amines is 1. The van der Waals surface area contributed by atoms with Crippen LogP contribution >= 0.6 is 23.4 Å². The molecule has 2 aromatic carbocycles. The topological polar surface area (TPSA) is 81.3 Å². The fourth-order valence-electron chi connectivity index (χ4n) is 2.18. The summed E-state index contributed by atoms with van der Waals surface area (Å²) in [6.45, 7) is -0.171. The largest absolute Gasteiger partial charge is 0.482 e. The molecule has 0 amide bonds. The highest BCUT2D eigenvalue weighted by Gasteiger charge is 2.10. The third-order valence-corrected chi connectivity index (χ3v) is 4.63. The van der Waals surface area contributed by atoms with Crippen LogP contribution in [-0.2, 0) is 9.53 Å². The minimum absolute atomic E-state index is 0.0343. The van der Waals surface area contributed by atoms with Gasteiger partial charge < -0.3 is 14.5 Å². The van der Waals surface area contributed by atoms with Gasteiger partial charge >= 0.3 is 5.97 Å².